The van der Waals surface area contributed by atoms with E-state index in [0.717, 1.165) is 38.9 Å². The smallest absolute Gasteiger partial charge is 0.240 e. The first-order chi connectivity index (χ1) is 13.2. The Morgan fingerprint density at radius 1 is 0.963 bits per heavy atom. The molecule has 2 saturated heterocycles. The predicted molar refractivity (Wildman–Crippen MR) is 109 cm³/mol. The maximum Gasteiger partial charge on any atom is 0.240 e. The molecule has 0 saturated carbocycles. The van der Waals surface area contributed by atoms with Crippen molar-refractivity contribution in [1.29, 1.82) is 0 Å². The fraction of sp³-hybridized carbons (Fsp3) is 0.458. The summed E-state index contributed by atoms with van der Waals surface area (Å²) >= 11 is 0. The SMILES string of the molecule is C[C@@H](c1ccccc1)N1CC[C@H]2CCCN(CCc3ccccc3)C(=O)[C@H]21. The van der Waals surface area contributed by atoms with Crippen molar-refractivity contribution in [2.24, 2.45) is 5.92 Å². The van der Waals surface area contributed by atoms with Gasteiger partial charge in [-0.1, -0.05) is 60.7 Å². The van der Waals surface area contributed by atoms with Gasteiger partial charge in [0.1, 0.15) is 0 Å². The van der Waals surface area contributed by atoms with E-state index in [0.29, 0.717) is 17.9 Å². The van der Waals surface area contributed by atoms with Crippen molar-refractivity contribution >= 4 is 5.91 Å². The zero-order valence-corrected chi connectivity index (χ0v) is 16.3. The minimum Gasteiger partial charge on any atom is -0.341 e. The fourth-order valence-electron chi connectivity index (χ4n) is 4.86. The molecule has 3 nitrogen and oxygen atoms in total. The van der Waals surface area contributed by atoms with E-state index in [1.54, 1.807) is 0 Å². The highest BCUT2D eigenvalue weighted by Gasteiger charge is 2.44. The molecule has 3 heteroatoms. The first-order valence-electron chi connectivity index (χ1n) is 10.4. The Bertz CT molecular complexity index is 745. The van der Waals surface area contributed by atoms with Crippen molar-refractivity contribution in [3.63, 3.8) is 0 Å². The van der Waals surface area contributed by atoms with Crippen molar-refractivity contribution in [3.8, 4) is 0 Å². The first kappa shape index (κ1) is 18.2. The third-order valence-corrected chi connectivity index (χ3v) is 6.42. The molecule has 0 spiro atoms. The van der Waals surface area contributed by atoms with Gasteiger partial charge in [0, 0.05) is 19.1 Å². The molecule has 27 heavy (non-hydrogen) atoms. The molecule has 2 heterocycles. The van der Waals surface area contributed by atoms with Gasteiger partial charge in [-0.05, 0) is 56.2 Å². The molecule has 0 aliphatic carbocycles. The molecule has 2 aromatic rings. The van der Waals surface area contributed by atoms with E-state index in [9.17, 15) is 4.79 Å². The molecule has 2 aliphatic rings. The van der Waals surface area contributed by atoms with Crippen molar-refractivity contribution in [3.05, 3.63) is 71.8 Å². The van der Waals surface area contributed by atoms with Gasteiger partial charge in [-0.3, -0.25) is 9.69 Å². The van der Waals surface area contributed by atoms with E-state index >= 15 is 0 Å². The summed E-state index contributed by atoms with van der Waals surface area (Å²) in [5.41, 5.74) is 2.62. The third-order valence-electron chi connectivity index (χ3n) is 6.42. The van der Waals surface area contributed by atoms with Gasteiger partial charge in [-0.15, -0.1) is 0 Å². The summed E-state index contributed by atoms with van der Waals surface area (Å²) in [5, 5.41) is 0. The molecule has 2 aliphatic heterocycles. The lowest BCUT2D eigenvalue weighted by molar-refractivity contribution is -0.137. The Hall–Kier alpha value is -2.13. The number of carbonyl (C=O) groups is 1. The average Bonchev–Trinajstić information content (AvgIpc) is 3.08. The zero-order chi connectivity index (χ0) is 18.6. The summed E-state index contributed by atoms with van der Waals surface area (Å²) in [6.45, 7) is 5.03. The number of amides is 1. The highest BCUT2D eigenvalue weighted by molar-refractivity contribution is 5.83. The second-order valence-electron chi connectivity index (χ2n) is 8.02. The quantitative estimate of drug-likeness (QED) is 0.792. The fourth-order valence-corrected chi connectivity index (χ4v) is 4.86. The van der Waals surface area contributed by atoms with Gasteiger partial charge in [0.15, 0.2) is 0 Å². The number of rotatable bonds is 5. The lowest BCUT2D eigenvalue weighted by atomic mass is 9.95. The largest absolute Gasteiger partial charge is 0.341 e. The van der Waals surface area contributed by atoms with Gasteiger partial charge in [0.05, 0.1) is 6.04 Å². The minimum atomic E-state index is 0.0541. The van der Waals surface area contributed by atoms with E-state index in [4.69, 9.17) is 0 Å². The molecule has 0 aromatic heterocycles. The number of hydrogen-bond donors (Lipinski definition) is 0. The highest BCUT2D eigenvalue weighted by atomic mass is 16.2. The van der Waals surface area contributed by atoms with Gasteiger partial charge in [-0.2, -0.15) is 0 Å². The molecule has 0 bridgehead atoms. The Morgan fingerprint density at radius 2 is 1.67 bits per heavy atom. The number of carbonyl (C=O) groups excluding carboxylic acids is 1. The molecule has 2 fully saturated rings. The normalized spacial score (nSPS) is 24.5. The molecule has 3 atom stereocenters. The molecule has 0 unspecified atom stereocenters. The molecular weight excluding hydrogens is 332 g/mol. The van der Waals surface area contributed by atoms with Crippen molar-refractivity contribution in [1.82, 2.24) is 9.80 Å². The van der Waals surface area contributed by atoms with Crippen LogP contribution in [-0.2, 0) is 11.2 Å². The van der Waals surface area contributed by atoms with E-state index in [1.165, 1.54) is 17.5 Å². The van der Waals surface area contributed by atoms with Crippen LogP contribution in [0.2, 0.25) is 0 Å². The van der Waals surface area contributed by atoms with Gasteiger partial charge in [0.25, 0.3) is 0 Å². The van der Waals surface area contributed by atoms with E-state index in [1.807, 2.05) is 6.07 Å². The first-order valence-corrected chi connectivity index (χ1v) is 10.4. The summed E-state index contributed by atoms with van der Waals surface area (Å²) in [4.78, 5) is 18.1. The van der Waals surface area contributed by atoms with Crippen LogP contribution in [0.25, 0.3) is 0 Å². The monoisotopic (exact) mass is 362 g/mol. The van der Waals surface area contributed by atoms with Crippen molar-refractivity contribution < 1.29 is 4.79 Å². The number of nitrogens with zero attached hydrogens (tertiary/aromatic N) is 2. The minimum absolute atomic E-state index is 0.0541. The Balaban J connectivity index is 1.49. The number of hydrogen-bond acceptors (Lipinski definition) is 2. The maximum atomic E-state index is 13.5. The second-order valence-corrected chi connectivity index (χ2v) is 8.02. The molecule has 0 N–H and O–H groups in total. The highest BCUT2D eigenvalue weighted by Crippen LogP contribution is 2.37. The lowest BCUT2D eigenvalue weighted by Crippen LogP contribution is -2.48. The Kier molecular flexibility index (Phi) is 5.58. The van der Waals surface area contributed by atoms with Crippen molar-refractivity contribution in [2.45, 2.75) is 44.7 Å². The molecule has 1 amide bonds. The zero-order valence-electron chi connectivity index (χ0n) is 16.3. The van der Waals surface area contributed by atoms with Crippen LogP contribution in [-0.4, -0.2) is 41.4 Å². The molecule has 142 valence electrons. The van der Waals surface area contributed by atoms with Gasteiger partial charge < -0.3 is 4.90 Å². The van der Waals surface area contributed by atoms with Crippen molar-refractivity contribution in [2.75, 3.05) is 19.6 Å². The number of benzene rings is 2. The Labute approximate surface area is 163 Å². The summed E-state index contributed by atoms with van der Waals surface area (Å²) in [6, 6.07) is 21.5. The van der Waals surface area contributed by atoms with Gasteiger partial charge in [0.2, 0.25) is 5.91 Å². The van der Waals surface area contributed by atoms with Gasteiger partial charge in [-0.25, -0.2) is 0 Å². The maximum absolute atomic E-state index is 13.5. The third kappa shape index (κ3) is 3.93. The van der Waals surface area contributed by atoms with Crippen LogP contribution in [0.5, 0.6) is 0 Å². The van der Waals surface area contributed by atoms with Crippen LogP contribution in [0.4, 0.5) is 0 Å². The average molecular weight is 363 g/mol. The van der Waals surface area contributed by atoms with Gasteiger partial charge >= 0.3 is 0 Å². The number of likely N-dealkylation sites (tertiary alicyclic amines) is 2. The summed E-state index contributed by atoms with van der Waals surface area (Å²) in [6.07, 6.45) is 4.41. The standard InChI is InChI=1S/C24H30N2O/c1-19(21-11-6-3-7-12-21)26-18-15-22-13-8-16-25(24(27)23(22)26)17-14-20-9-4-2-5-10-20/h2-7,9-12,19,22-23H,8,13-18H2,1H3/t19-,22+,23-/m0/s1. The van der Waals surface area contributed by atoms with E-state index in [2.05, 4.69) is 71.3 Å². The molecular formula is C24H30N2O. The van der Waals surface area contributed by atoms with E-state index in [-0.39, 0.29) is 6.04 Å². The molecule has 0 radical (unpaired) electrons. The van der Waals surface area contributed by atoms with Crippen LogP contribution in [0, 0.1) is 5.92 Å². The molecule has 4 rings (SSSR count). The summed E-state index contributed by atoms with van der Waals surface area (Å²) < 4.78 is 0. The second kappa shape index (κ2) is 8.26. The molecule has 2 aromatic carbocycles. The topological polar surface area (TPSA) is 23.6 Å². The summed E-state index contributed by atoms with van der Waals surface area (Å²) in [5.74, 6) is 0.874. The Morgan fingerprint density at radius 3 is 2.41 bits per heavy atom. The predicted octanol–water partition coefficient (Wildman–Crippen LogP) is 4.30. The van der Waals surface area contributed by atoms with Crippen LogP contribution in [0.1, 0.15) is 43.4 Å². The van der Waals surface area contributed by atoms with Crippen LogP contribution in [0.3, 0.4) is 0 Å². The summed E-state index contributed by atoms with van der Waals surface area (Å²) in [7, 11) is 0. The van der Waals surface area contributed by atoms with Crippen LogP contribution < -0.4 is 0 Å². The van der Waals surface area contributed by atoms with Crippen LogP contribution in [0.15, 0.2) is 60.7 Å². The number of fused-ring (bicyclic) bond motifs is 1. The lowest BCUT2D eigenvalue weighted by Gasteiger charge is -2.34. The van der Waals surface area contributed by atoms with Crippen LogP contribution >= 0.6 is 0 Å². The van der Waals surface area contributed by atoms with E-state index < -0.39 is 0 Å².